The van der Waals surface area contributed by atoms with Crippen LogP contribution >= 0.6 is 11.3 Å². The van der Waals surface area contributed by atoms with Crippen LogP contribution in [0.3, 0.4) is 0 Å². The summed E-state index contributed by atoms with van der Waals surface area (Å²) >= 11 is 1.51. The van der Waals surface area contributed by atoms with Crippen LogP contribution in [0.15, 0.2) is 6.07 Å². The van der Waals surface area contributed by atoms with Crippen molar-refractivity contribution in [3.05, 3.63) is 10.9 Å². The highest BCUT2D eigenvalue weighted by molar-refractivity contribution is 7.18. The Labute approximate surface area is 124 Å². The van der Waals surface area contributed by atoms with Gasteiger partial charge >= 0.3 is 0 Å². The van der Waals surface area contributed by atoms with Gasteiger partial charge in [-0.15, -0.1) is 11.3 Å². The summed E-state index contributed by atoms with van der Waals surface area (Å²) in [6, 6.07) is 2.38. The van der Waals surface area contributed by atoms with Gasteiger partial charge in [-0.25, -0.2) is 0 Å². The second kappa shape index (κ2) is 6.01. The maximum Gasteiger partial charge on any atom is 0.265 e. The predicted octanol–water partition coefficient (Wildman–Crippen LogP) is 1.56. The lowest BCUT2D eigenvalue weighted by molar-refractivity contribution is 0.0833. The molecule has 0 saturated carbocycles. The fourth-order valence-corrected chi connectivity index (χ4v) is 3.83. The monoisotopic (exact) mass is 296 g/mol. The Morgan fingerprint density at radius 1 is 1.45 bits per heavy atom. The molecular weight excluding hydrogens is 272 g/mol. The summed E-state index contributed by atoms with van der Waals surface area (Å²) in [6.07, 6.45) is 1.13. The summed E-state index contributed by atoms with van der Waals surface area (Å²) < 4.78 is 0. The minimum Gasteiger partial charge on any atom is -0.397 e. The van der Waals surface area contributed by atoms with E-state index < -0.39 is 0 Å². The zero-order valence-corrected chi connectivity index (χ0v) is 13.5. The number of carbonyl (C=O) groups is 1. The molecule has 0 aromatic carbocycles. The number of nitrogens with zero attached hydrogens (tertiary/aromatic N) is 3. The van der Waals surface area contributed by atoms with E-state index in [1.807, 2.05) is 6.07 Å². The van der Waals surface area contributed by atoms with Crippen molar-refractivity contribution in [3.8, 4) is 0 Å². The lowest BCUT2D eigenvalue weighted by atomic mass is 10.2. The Morgan fingerprint density at radius 3 is 2.80 bits per heavy atom. The lowest BCUT2D eigenvalue weighted by Gasteiger charge is -2.28. The molecule has 1 amide bonds. The topological polar surface area (TPSA) is 52.8 Å². The number of amides is 1. The molecule has 1 aromatic rings. The molecule has 0 spiro atoms. The van der Waals surface area contributed by atoms with E-state index in [2.05, 4.69) is 23.8 Å². The first-order valence-electron chi connectivity index (χ1n) is 6.96. The maximum absolute atomic E-state index is 12.1. The molecule has 6 heteroatoms. The number of thiophene rings is 1. The number of anilines is 2. The SMILES string of the molecule is CC1CN(C)CCCN1c1cc(N)c(C(=O)N(C)C)s1. The Balaban J connectivity index is 2.24. The third kappa shape index (κ3) is 3.07. The number of nitrogen functional groups attached to an aromatic ring is 1. The van der Waals surface area contributed by atoms with Crippen LogP contribution in [-0.4, -0.2) is 62.5 Å². The van der Waals surface area contributed by atoms with E-state index in [0.717, 1.165) is 31.1 Å². The van der Waals surface area contributed by atoms with Crippen LogP contribution in [0.25, 0.3) is 0 Å². The molecular formula is C14H24N4OS. The largest absolute Gasteiger partial charge is 0.397 e. The van der Waals surface area contributed by atoms with E-state index >= 15 is 0 Å². The fourth-order valence-electron chi connectivity index (χ4n) is 2.60. The smallest absolute Gasteiger partial charge is 0.265 e. The van der Waals surface area contributed by atoms with Crippen LogP contribution in [0.5, 0.6) is 0 Å². The fraction of sp³-hybridized carbons (Fsp3) is 0.643. The van der Waals surface area contributed by atoms with Crippen LogP contribution in [0.1, 0.15) is 23.0 Å². The van der Waals surface area contributed by atoms with Gasteiger partial charge in [0.05, 0.1) is 10.7 Å². The molecule has 2 rings (SSSR count). The summed E-state index contributed by atoms with van der Waals surface area (Å²) in [7, 11) is 5.67. The molecule has 5 nitrogen and oxygen atoms in total. The number of likely N-dealkylation sites (N-methyl/N-ethyl adjacent to an activating group) is 1. The first kappa shape index (κ1) is 15.1. The van der Waals surface area contributed by atoms with Gasteiger partial charge in [-0.05, 0) is 33.0 Å². The molecule has 2 N–H and O–H groups in total. The molecule has 1 fully saturated rings. The molecule has 112 valence electrons. The minimum atomic E-state index is -0.0154. The normalized spacial score (nSPS) is 20.8. The summed E-state index contributed by atoms with van der Waals surface area (Å²) in [5, 5.41) is 1.11. The molecule has 1 aromatic heterocycles. The Hall–Kier alpha value is -1.27. The van der Waals surface area contributed by atoms with E-state index in [0.29, 0.717) is 16.6 Å². The van der Waals surface area contributed by atoms with Gasteiger partial charge in [0.15, 0.2) is 0 Å². The standard InChI is InChI=1S/C14H24N4OS/c1-10-9-17(4)6-5-7-18(10)12-8-11(15)13(20-12)14(19)16(2)3/h8,10H,5-7,9,15H2,1-4H3. The van der Waals surface area contributed by atoms with Gasteiger partial charge in [-0.3, -0.25) is 4.79 Å². The summed E-state index contributed by atoms with van der Waals surface area (Å²) in [6.45, 7) is 5.40. The van der Waals surface area contributed by atoms with Gasteiger partial charge in [-0.1, -0.05) is 0 Å². The Kier molecular flexibility index (Phi) is 4.55. The van der Waals surface area contributed by atoms with Gasteiger partial charge < -0.3 is 20.4 Å². The van der Waals surface area contributed by atoms with E-state index in [-0.39, 0.29) is 5.91 Å². The quantitative estimate of drug-likeness (QED) is 0.900. The number of hydrogen-bond donors (Lipinski definition) is 1. The molecule has 2 heterocycles. The average molecular weight is 296 g/mol. The van der Waals surface area contributed by atoms with Crippen molar-refractivity contribution in [2.45, 2.75) is 19.4 Å². The highest BCUT2D eigenvalue weighted by Gasteiger charge is 2.24. The van der Waals surface area contributed by atoms with Crippen LogP contribution in [0.4, 0.5) is 10.7 Å². The van der Waals surface area contributed by atoms with Gasteiger partial charge in [0.25, 0.3) is 5.91 Å². The number of nitrogens with two attached hydrogens (primary N) is 1. The van der Waals surface area contributed by atoms with Crippen molar-refractivity contribution in [1.29, 1.82) is 0 Å². The summed E-state index contributed by atoms with van der Waals surface area (Å²) in [4.78, 5) is 19.0. The second-order valence-electron chi connectivity index (χ2n) is 5.73. The number of rotatable bonds is 2. The molecule has 1 aliphatic rings. The third-order valence-corrected chi connectivity index (χ3v) is 4.85. The minimum absolute atomic E-state index is 0.0154. The first-order chi connectivity index (χ1) is 9.40. The third-order valence-electron chi connectivity index (χ3n) is 3.68. The highest BCUT2D eigenvalue weighted by atomic mass is 32.1. The molecule has 1 atom stereocenters. The van der Waals surface area contributed by atoms with E-state index in [1.165, 1.54) is 11.3 Å². The van der Waals surface area contributed by atoms with Gasteiger partial charge in [0.2, 0.25) is 0 Å². The highest BCUT2D eigenvalue weighted by Crippen LogP contribution is 2.34. The van der Waals surface area contributed by atoms with Gasteiger partial charge in [0.1, 0.15) is 4.88 Å². The lowest BCUT2D eigenvalue weighted by Crippen LogP contribution is -2.37. The van der Waals surface area contributed by atoms with Crippen molar-refractivity contribution >= 4 is 27.9 Å². The zero-order chi connectivity index (χ0) is 14.9. The van der Waals surface area contributed by atoms with Crippen molar-refractivity contribution in [3.63, 3.8) is 0 Å². The Morgan fingerprint density at radius 2 is 2.15 bits per heavy atom. The predicted molar refractivity (Wildman–Crippen MR) is 85.7 cm³/mol. The molecule has 0 aliphatic carbocycles. The van der Waals surface area contributed by atoms with E-state index in [1.54, 1.807) is 19.0 Å². The maximum atomic E-state index is 12.1. The number of carbonyl (C=O) groups excluding carboxylic acids is 1. The van der Waals surface area contributed by atoms with Gasteiger partial charge in [-0.2, -0.15) is 0 Å². The second-order valence-corrected chi connectivity index (χ2v) is 6.76. The van der Waals surface area contributed by atoms with Crippen molar-refractivity contribution in [2.75, 3.05) is 51.4 Å². The zero-order valence-electron chi connectivity index (χ0n) is 12.7. The van der Waals surface area contributed by atoms with Crippen LogP contribution in [0.2, 0.25) is 0 Å². The first-order valence-corrected chi connectivity index (χ1v) is 7.78. The average Bonchev–Trinajstić information content (AvgIpc) is 2.65. The van der Waals surface area contributed by atoms with Gasteiger partial charge in [0, 0.05) is 33.2 Å². The van der Waals surface area contributed by atoms with Crippen molar-refractivity contribution < 1.29 is 4.79 Å². The van der Waals surface area contributed by atoms with Crippen LogP contribution in [0, 0.1) is 0 Å². The van der Waals surface area contributed by atoms with Crippen molar-refractivity contribution in [2.24, 2.45) is 0 Å². The Bertz CT molecular complexity index is 486. The summed E-state index contributed by atoms with van der Waals surface area (Å²) in [5.41, 5.74) is 6.62. The molecule has 1 unspecified atom stereocenters. The molecule has 20 heavy (non-hydrogen) atoms. The van der Waals surface area contributed by atoms with E-state index in [4.69, 9.17) is 5.73 Å². The molecule has 0 bridgehead atoms. The molecule has 1 saturated heterocycles. The van der Waals surface area contributed by atoms with Crippen LogP contribution in [-0.2, 0) is 0 Å². The molecule has 1 aliphatic heterocycles. The van der Waals surface area contributed by atoms with Crippen LogP contribution < -0.4 is 10.6 Å². The van der Waals surface area contributed by atoms with E-state index in [9.17, 15) is 4.79 Å². The summed E-state index contributed by atoms with van der Waals surface area (Å²) in [5.74, 6) is -0.0154. The molecule has 0 radical (unpaired) electrons. The van der Waals surface area contributed by atoms with Crippen molar-refractivity contribution in [1.82, 2.24) is 9.80 Å². The number of hydrogen-bond acceptors (Lipinski definition) is 5.